The highest BCUT2D eigenvalue weighted by Gasteiger charge is 2.23. The molecule has 0 radical (unpaired) electrons. The van der Waals surface area contributed by atoms with E-state index in [0.717, 1.165) is 44.4 Å². The Morgan fingerprint density at radius 1 is 0.903 bits per heavy atom. The van der Waals surface area contributed by atoms with Gasteiger partial charge in [0, 0.05) is 58.9 Å². The van der Waals surface area contributed by atoms with E-state index in [0.29, 0.717) is 36.9 Å². The molecule has 2 fully saturated rings. The van der Waals surface area contributed by atoms with Gasteiger partial charge in [-0.15, -0.1) is 10.2 Å². The van der Waals surface area contributed by atoms with Crippen LogP contribution in [0.1, 0.15) is 0 Å². The predicted octanol–water partition coefficient (Wildman–Crippen LogP) is 1.60. The fraction of sp³-hybridized carbons (Fsp3) is 0.476. The number of aliphatic hydroxyl groups excluding tert-OH is 1. The highest BCUT2D eigenvalue weighted by atomic mass is 35.5. The Labute approximate surface area is 187 Å². The van der Waals surface area contributed by atoms with Gasteiger partial charge in [0.05, 0.1) is 17.3 Å². The lowest BCUT2D eigenvalue weighted by Crippen LogP contribution is -2.50. The number of aromatic nitrogens is 2. The lowest BCUT2D eigenvalue weighted by atomic mass is 10.3. The van der Waals surface area contributed by atoms with Crippen LogP contribution in [0.3, 0.4) is 0 Å². The number of carbonyl (C=O) groups excluding carboxylic acids is 1. The lowest BCUT2D eigenvalue weighted by molar-refractivity contribution is 0.188. The zero-order valence-corrected chi connectivity index (χ0v) is 18.2. The quantitative estimate of drug-likeness (QED) is 0.722. The van der Waals surface area contributed by atoms with Crippen molar-refractivity contribution in [2.75, 3.05) is 80.6 Å². The van der Waals surface area contributed by atoms with E-state index in [4.69, 9.17) is 16.7 Å². The molecule has 0 unspecified atom stereocenters. The second-order valence-corrected chi connectivity index (χ2v) is 8.09. The Morgan fingerprint density at radius 3 is 2.03 bits per heavy atom. The number of halogens is 1. The van der Waals surface area contributed by atoms with Crippen LogP contribution in [0.5, 0.6) is 0 Å². The summed E-state index contributed by atoms with van der Waals surface area (Å²) in [5.74, 6) is 1.71. The van der Waals surface area contributed by atoms with Gasteiger partial charge in [-0.25, -0.2) is 4.79 Å². The number of nitrogens with one attached hydrogen (secondary N) is 1. The molecule has 3 heterocycles. The first-order chi connectivity index (χ1) is 15.1. The minimum atomic E-state index is -0.144. The summed E-state index contributed by atoms with van der Waals surface area (Å²) >= 11 is 6.13. The van der Waals surface area contributed by atoms with Gasteiger partial charge in [0.2, 0.25) is 0 Å². The van der Waals surface area contributed by atoms with E-state index in [1.807, 2.05) is 24.3 Å². The number of para-hydroxylation sites is 1. The van der Waals surface area contributed by atoms with E-state index in [-0.39, 0.29) is 12.6 Å². The van der Waals surface area contributed by atoms with Gasteiger partial charge >= 0.3 is 6.03 Å². The van der Waals surface area contributed by atoms with Gasteiger partial charge in [-0.05, 0) is 24.3 Å². The van der Waals surface area contributed by atoms with Crippen LogP contribution in [0.2, 0.25) is 5.02 Å². The van der Waals surface area contributed by atoms with Gasteiger partial charge < -0.3 is 25.1 Å². The molecule has 10 heteroatoms. The second-order valence-electron chi connectivity index (χ2n) is 7.69. The fourth-order valence-corrected chi connectivity index (χ4v) is 4.08. The first-order valence-corrected chi connectivity index (χ1v) is 11.0. The number of benzene rings is 1. The number of hydrogen-bond donors (Lipinski definition) is 2. The summed E-state index contributed by atoms with van der Waals surface area (Å²) in [6.07, 6.45) is 0. The van der Waals surface area contributed by atoms with Gasteiger partial charge in [0.1, 0.15) is 0 Å². The average Bonchev–Trinajstić information content (AvgIpc) is 2.81. The van der Waals surface area contributed by atoms with Crippen molar-refractivity contribution in [1.29, 1.82) is 0 Å². The van der Waals surface area contributed by atoms with Gasteiger partial charge in [0.15, 0.2) is 11.6 Å². The molecule has 2 saturated heterocycles. The molecule has 2 aromatic rings. The molecule has 2 aliphatic heterocycles. The van der Waals surface area contributed by atoms with Crippen molar-refractivity contribution in [3.63, 3.8) is 0 Å². The topological polar surface area (TPSA) is 88.1 Å². The molecule has 0 atom stereocenters. The van der Waals surface area contributed by atoms with Crippen LogP contribution in [0.4, 0.5) is 22.1 Å². The molecule has 31 heavy (non-hydrogen) atoms. The second kappa shape index (κ2) is 10.1. The van der Waals surface area contributed by atoms with Crippen molar-refractivity contribution in [2.24, 2.45) is 0 Å². The summed E-state index contributed by atoms with van der Waals surface area (Å²) in [7, 11) is 0. The summed E-state index contributed by atoms with van der Waals surface area (Å²) < 4.78 is 0. The standard InChI is InChI=1S/C21H28ClN7O2/c22-17-3-1-2-4-18(17)23-21(31)29-13-11-28(12-14-29)20-6-5-19(24-25-20)27-9-7-26(8-10-27)15-16-30/h1-6,30H,7-16H2,(H,23,31). The molecule has 2 aliphatic rings. The molecule has 0 saturated carbocycles. The van der Waals surface area contributed by atoms with Crippen molar-refractivity contribution in [3.05, 3.63) is 41.4 Å². The molecule has 4 rings (SSSR count). The van der Waals surface area contributed by atoms with Gasteiger partial charge in [-0.1, -0.05) is 23.7 Å². The highest BCUT2D eigenvalue weighted by Crippen LogP contribution is 2.22. The smallest absolute Gasteiger partial charge is 0.322 e. The maximum atomic E-state index is 12.5. The number of β-amino-alcohol motifs (C(OH)–C–C–N with tert-alkyl or cyclic N) is 1. The van der Waals surface area contributed by atoms with E-state index in [1.54, 1.807) is 17.0 Å². The number of aliphatic hydroxyl groups is 1. The normalized spacial score (nSPS) is 17.7. The van der Waals surface area contributed by atoms with Crippen LogP contribution in [0.25, 0.3) is 0 Å². The number of rotatable bonds is 5. The molecule has 2 amide bonds. The third-order valence-electron chi connectivity index (χ3n) is 5.76. The molecule has 2 N–H and O–H groups in total. The summed E-state index contributed by atoms with van der Waals surface area (Å²) in [5, 5.41) is 21.3. The van der Waals surface area contributed by atoms with E-state index in [2.05, 4.69) is 30.2 Å². The zero-order valence-electron chi connectivity index (χ0n) is 17.5. The van der Waals surface area contributed by atoms with Crippen LogP contribution in [0, 0.1) is 0 Å². The van der Waals surface area contributed by atoms with Gasteiger partial charge in [-0.2, -0.15) is 0 Å². The van der Waals surface area contributed by atoms with E-state index < -0.39 is 0 Å². The molecule has 0 spiro atoms. The van der Waals surface area contributed by atoms with Crippen LogP contribution in [-0.4, -0.2) is 96.6 Å². The number of anilines is 3. The van der Waals surface area contributed by atoms with Crippen molar-refractivity contribution < 1.29 is 9.90 Å². The number of carbonyl (C=O) groups is 1. The number of hydrogen-bond acceptors (Lipinski definition) is 7. The Kier molecular flexibility index (Phi) is 7.06. The van der Waals surface area contributed by atoms with Gasteiger partial charge in [0.25, 0.3) is 0 Å². The largest absolute Gasteiger partial charge is 0.395 e. The highest BCUT2D eigenvalue weighted by molar-refractivity contribution is 6.33. The summed E-state index contributed by atoms with van der Waals surface area (Å²) in [6.45, 7) is 7.13. The Morgan fingerprint density at radius 2 is 1.48 bits per heavy atom. The maximum absolute atomic E-state index is 12.5. The van der Waals surface area contributed by atoms with E-state index in [9.17, 15) is 4.79 Å². The number of nitrogens with zero attached hydrogens (tertiary/aromatic N) is 6. The van der Waals surface area contributed by atoms with Crippen molar-refractivity contribution >= 4 is 35.0 Å². The van der Waals surface area contributed by atoms with Gasteiger partial charge in [-0.3, -0.25) is 4.90 Å². The molecule has 166 valence electrons. The minimum absolute atomic E-state index is 0.144. The maximum Gasteiger partial charge on any atom is 0.322 e. The molecular formula is C21H28ClN7O2. The first-order valence-electron chi connectivity index (χ1n) is 10.6. The summed E-state index contributed by atoms with van der Waals surface area (Å²) in [4.78, 5) is 20.9. The Balaban J connectivity index is 1.27. The van der Waals surface area contributed by atoms with Crippen LogP contribution in [-0.2, 0) is 0 Å². The Hall–Kier alpha value is -2.62. The van der Waals surface area contributed by atoms with E-state index in [1.165, 1.54) is 0 Å². The number of urea groups is 1. The third-order valence-corrected chi connectivity index (χ3v) is 6.08. The van der Waals surface area contributed by atoms with Crippen molar-refractivity contribution in [3.8, 4) is 0 Å². The predicted molar refractivity (Wildman–Crippen MR) is 122 cm³/mol. The zero-order chi connectivity index (χ0) is 21.6. The third kappa shape index (κ3) is 5.36. The molecule has 1 aromatic carbocycles. The molecule has 0 bridgehead atoms. The molecule has 1 aromatic heterocycles. The van der Waals surface area contributed by atoms with Crippen LogP contribution in [0.15, 0.2) is 36.4 Å². The monoisotopic (exact) mass is 445 g/mol. The number of piperazine rings is 2. The molecule has 9 nitrogen and oxygen atoms in total. The number of amides is 2. The Bertz CT molecular complexity index is 866. The first kappa shape index (κ1) is 21.6. The average molecular weight is 446 g/mol. The minimum Gasteiger partial charge on any atom is -0.395 e. The van der Waals surface area contributed by atoms with E-state index >= 15 is 0 Å². The van der Waals surface area contributed by atoms with Crippen LogP contribution < -0.4 is 15.1 Å². The lowest BCUT2D eigenvalue weighted by Gasteiger charge is -2.36. The van der Waals surface area contributed by atoms with Crippen LogP contribution >= 0.6 is 11.6 Å². The fourth-order valence-electron chi connectivity index (χ4n) is 3.89. The SMILES string of the molecule is O=C(Nc1ccccc1Cl)N1CCN(c2ccc(N3CCN(CCO)CC3)nn2)CC1. The van der Waals surface area contributed by atoms with Crippen molar-refractivity contribution in [1.82, 2.24) is 20.0 Å². The van der Waals surface area contributed by atoms with Crippen molar-refractivity contribution in [2.45, 2.75) is 0 Å². The summed E-state index contributed by atoms with van der Waals surface area (Å²) in [6, 6.07) is 11.1. The summed E-state index contributed by atoms with van der Waals surface area (Å²) in [5.41, 5.74) is 0.621. The molecule has 0 aliphatic carbocycles. The molecular weight excluding hydrogens is 418 g/mol.